The van der Waals surface area contributed by atoms with Crippen LogP contribution in [-0.4, -0.2) is 97.3 Å². The summed E-state index contributed by atoms with van der Waals surface area (Å²) in [5, 5.41) is 6.21. The first-order valence-electron chi connectivity index (χ1n) is 17.3. The number of piperazine rings is 1. The monoisotopic (exact) mass is 764 g/mol. The second-order valence-corrected chi connectivity index (χ2v) is 14.5. The predicted octanol–water partition coefficient (Wildman–Crippen LogP) is 5.57. The van der Waals surface area contributed by atoms with Gasteiger partial charge >= 0.3 is 18.4 Å². The van der Waals surface area contributed by atoms with Crippen molar-refractivity contribution < 1.29 is 37.0 Å². The third-order valence-electron chi connectivity index (χ3n) is 10.6. The van der Waals surface area contributed by atoms with Crippen LogP contribution in [0.3, 0.4) is 0 Å². The van der Waals surface area contributed by atoms with Crippen LogP contribution in [0, 0.1) is 5.92 Å². The molecule has 4 aliphatic heterocycles. The molecule has 4 N–H and O–H groups in total. The summed E-state index contributed by atoms with van der Waals surface area (Å²) in [6.45, 7) is 6.56. The number of para-hydroxylation sites is 1. The maximum Gasteiger partial charge on any atom is 0.418 e. The zero-order valence-electron chi connectivity index (χ0n) is 28.1. The van der Waals surface area contributed by atoms with Crippen LogP contribution in [0.25, 0.3) is 0 Å². The van der Waals surface area contributed by atoms with Gasteiger partial charge in [0.1, 0.15) is 5.60 Å². The molecule has 50 heavy (non-hydrogen) atoms. The van der Waals surface area contributed by atoms with Crippen LogP contribution < -0.4 is 16.4 Å². The number of nitrogens with zero attached hydrogens (tertiary/aromatic N) is 3. The first-order chi connectivity index (χ1) is 23.9. The Morgan fingerprint density at radius 3 is 2.52 bits per heavy atom. The molecule has 0 aromatic heterocycles. The van der Waals surface area contributed by atoms with E-state index in [1.807, 2.05) is 18.2 Å². The molecular weight excluding hydrogens is 721 g/mol. The van der Waals surface area contributed by atoms with Crippen molar-refractivity contribution in [2.24, 2.45) is 5.92 Å². The summed E-state index contributed by atoms with van der Waals surface area (Å²) in [7, 11) is 0. The van der Waals surface area contributed by atoms with Gasteiger partial charge in [-0.1, -0.05) is 31.5 Å². The molecule has 3 fully saturated rings. The molecule has 15 heteroatoms. The van der Waals surface area contributed by atoms with Crippen LogP contribution in [0.4, 0.5) is 34.1 Å². The van der Waals surface area contributed by atoms with Gasteiger partial charge in [0.25, 0.3) is 5.91 Å². The Labute approximate surface area is 298 Å². The predicted molar refractivity (Wildman–Crippen MR) is 184 cm³/mol. The van der Waals surface area contributed by atoms with E-state index in [1.165, 1.54) is 11.0 Å². The second kappa shape index (κ2) is 15.0. The molecule has 4 aliphatic rings. The van der Waals surface area contributed by atoms with Gasteiger partial charge in [-0.3, -0.25) is 15.0 Å². The lowest BCUT2D eigenvalue weighted by Crippen LogP contribution is -2.59. The number of ether oxygens (including phenoxy) is 2. The molecular formula is C35H44BrF3N6O5. The molecule has 1 spiro atoms. The van der Waals surface area contributed by atoms with Gasteiger partial charge in [-0.2, -0.15) is 13.2 Å². The Morgan fingerprint density at radius 2 is 1.82 bits per heavy atom. The number of amides is 3. The minimum atomic E-state index is -4.72. The molecule has 0 bridgehead atoms. The number of nitrogen functional groups attached to an aromatic ring is 1. The van der Waals surface area contributed by atoms with Crippen LogP contribution in [0.2, 0.25) is 0 Å². The summed E-state index contributed by atoms with van der Waals surface area (Å²) >= 11 is 3.13. The summed E-state index contributed by atoms with van der Waals surface area (Å²) in [5.41, 5.74) is 4.95. The zero-order valence-corrected chi connectivity index (χ0v) is 29.7. The number of nitrogens with two attached hydrogens (primary N) is 1. The fourth-order valence-corrected chi connectivity index (χ4v) is 8.41. The van der Waals surface area contributed by atoms with Gasteiger partial charge in [-0.05, 0) is 65.0 Å². The number of piperidine rings is 2. The van der Waals surface area contributed by atoms with E-state index >= 15 is 0 Å². The van der Waals surface area contributed by atoms with Gasteiger partial charge in [0.2, 0.25) is 0 Å². The number of nitrogens with one attached hydrogen (secondary N) is 2. The van der Waals surface area contributed by atoms with Crippen LogP contribution >= 0.6 is 15.9 Å². The van der Waals surface area contributed by atoms with Crippen LogP contribution in [0.5, 0.6) is 0 Å². The maximum atomic E-state index is 14.1. The molecule has 0 radical (unpaired) electrons. The van der Waals surface area contributed by atoms with Crippen molar-refractivity contribution in [3.8, 4) is 0 Å². The van der Waals surface area contributed by atoms with Crippen molar-refractivity contribution in [3.05, 3.63) is 57.6 Å². The average molecular weight is 766 g/mol. The lowest BCUT2D eigenvalue weighted by molar-refractivity contribution is -0.143. The highest BCUT2D eigenvalue weighted by atomic mass is 79.9. The largest absolute Gasteiger partial charge is 0.438 e. The molecule has 2 unspecified atom stereocenters. The lowest BCUT2D eigenvalue weighted by Gasteiger charge is -2.45. The molecule has 3 saturated heterocycles. The Morgan fingerprint density at radius 1 is 1.10 bits per heavy atom. The normalized spacial score (nSPS) is 23.1. The van der Waals surface area contributed by atoms with E-state index in [9.17, 15) is 27.6 Å². The minimum Gasteiger partial charge on any atom is -0.438 e. The third kappa shape index (κ3) is 7.69. The lowest BCUT2D eigenvalue weighted by atomic mass is 9.82. The Bertz CT molecular complexity index is 1580. The van der Waals surface area contributed by atoms with Crippen molar-refractivity contribution in [1.29, 1.82) is 0 Å². The second-order valence-electron chi connectivity index (χ2n) is 13.6. The van der Waals surface area contributed by atoms with E-state index in [-0.39, 0.29) is 29.5 Å². The standard InChI is InChI=1S/C35H44BrF3N6O5/c1-2-5-23-8-11-41-21-28(23)43-14-16-44(17-15-43)31(46)29(20-22-18-25(35(37,38)39)30(40)26(36)19-22)49-33(48)45-12-9-34(10-13-45)24-6-3-4-7-27(24)42-32(47)50-34/h3-4,6-7,18-19,23,28-29,41H,2,5,8-17,20-21,40H2,1H3,(H,42,47)/t23?,28?,29-/m1/s1. The van der Waals surface area contributed by atoms with Gasteiger partial charge < -0.3 is 30.3 Å². The van der Waals surface area contributed by atoms with Crippen molar-refractivity contribution in [1.82, 2.24) is 20.0 Å². The molecule has 3 atom stereocenters. The highest BCUT2D eigenvalue weighted by Crippen LogP contribution is 2.43. The summed E-state index contributed by atoms with van der Waals surface area (Å²) in [6, 6.07) is 10.0. The number of rotatable bonds is 7. The van der Waals surface area contributed by atoms with Crippen LogP contribution in [0.15, 0.2) is 40.9 Å². The number of hydrogen-bond acceptors (Lipinski definition) is 8. The molecule has 272 valence electrons. The van der Waals surface area contributed by atoms with Crippen LogP contribution in [-0.2, 0) is 32.5 Å². The number of anilines is 2. The van der Waals surface area contributed by atoms with Gasteiger partial charge in [-0.15, -0.1) is 0 Å². The van der Waals surface area contributed by atoms with E-state index in [4.69, 9.17) is 15.2 Å². The van der Waals surface area contributed by atoms with Gasteiger partial charge in [0.15, 0.2) is 6.10 Å². The van der Waals surface area contributed by atoms with Gasteiger partial charge in [-0.25, -0.2) is 9.59 Å². The topological polar surface area (TPSA) is 129 Å². The summed E-state index contributed by atoms with van der Waals surface area (Å²) in [6.07, 6.45) is -3.72. The van der Waals surface area contributed by atoms with Crippen molar-refractivity contribution in [3.63, 3.8) is 0 Å². The number of halogens is 4. The van der Waals surface area contributed by atoms with Gasteiger partial charge in [0.05, 0.1) is 16.9 Å². The summed E-state index contributed by atoms with van der Waals surface area (Å²) in [5.74, 6) is 0.121. The van der Waals surface area contributed by atoms with Gasteiger partial charge in [0, 0.05) is 81.2 Å². The zero-order chi connectivity index (χ0) is 35.6. The van der Waals surface area contributed by atoms with Crippen molar-refractivity contribution in [2.75, 3.05) is 63.4 Å². The maximum absolute atomic E-state index is 14.1. The fourth-order valence-electron chi connectivity index (χ4n) is 7.90. The number of likely N-dealkylation sites (tertiary alicyclic amines) is 1. The van der Waals surface area contributed by atoms with E-state index < -0.39 is 47.2 Å². The molecule has 6 rings (SSSR count). The van der Waals surface area contributed by atoms with Crippen LogP contribution in [0.1, 0.15) is 55.7 Å². The number of carbonyl (C=O) groups is 3. The summed E-state index contributed by atoms with van der Waals surface area (Å²) < 4.78 is 53.3. The third-order valence-corrected chi connectivity index (χ3v) is 11.2. The average Bonchev–Trinajstić information content (AvgIpc) is 3.09. The van der Waals surface area contributed by atoms with E-state index in [0.717, 1.165) is 44.0 Å². The SMILES string of the molecule is CCCC1CCNCC1N1CCN(C(=O)[C@@H](Cc2cc(Br)c(N)c(C(F)(F)F)c2)OC(=O)N2CCC3(CC2)OC(=O)Nc2ccccc23)CC1. The molecule has 2 aromatic carbocycles. The molecule has 3 amide bonds. The Hall–Kier alpha value is -3.56. The molecule has 4 heterocycles. The number of fused-ring (bicyclic) bond motifs is 2. The number of carbonyl (C=O) groups excluding carboxylic acids is 3. The molecule has 2 aromatic rings. The van der Waals surface area contributed by atoms with E-state index in [1.54, 1.807) is 11.0 Å². The highest BCUT2D eigenvalue weighted by molar-refractivity contribution is 9.10. The minimum absolute atomic E-state index is 0.0364. The Kier molecular flexibility index (Phi) is 10.8. The smallest absolute Gasteiger partial charge is 0.418 e. The molecule has 0 aliphatic carbocycles. The van der Waals surface area contributed by atoms with E-state index in [2.05, 4.69) is 38.4 Å². The highest BCUT2D eigenvalue weighted by Gasteiger charge is 2.46. The first-order valence-corrected chi connectivity index (χ1v) is 18.1. The summed E-state index contributed by atoms with van der Waals surface area (Å²) in [4.78, 5) is 45.6. The number of alkyl halides is 3. The van der Waals surface area contributed by atoms with Crippen molar-refractivity contribution in [2.45, 2.75) is 69.4 Å². The first kappa shape index (κ1) is 36.2. The quantitative estimate of drug-likeness (QED) is 0.312. The Balaban J connectivity index is 1.18. The fraction of sp³-hybridized carbons (Fsp3) is 0.571. The van der Waals surface area contributed by atoms with Crippen molar-refractivity contribution >= 4 is 45.4 Å². The number of benzene rings is 2. The van der Waals surface area contributed by atoms with E-state index in [0.29, 0.717) is 56.7 Å². The molecule has 11 nitrogen and oxygen atoms in total. The molecule has 0 saturated carbocycles. The number of hydrogen-bond donors (Lipinski definition) is 3.